The molecule has 0 aliphatic heterocycles. The minimum absolute atomic E-state index is 0.178. The number of aromatic nitrogens is 3. The highest BCUT2D eigenvalue weighted by atomic mass is 32.1. The molecule has 0 bridgehead atoms. The summed E-state index contributed by atoms with van der Waals surface area (Å²) in [6.07, 6.45) is 2.56. The molecule has 0 aliphatic rings. The van der Waals surface area contributed by atoms with Crippen LogP contribution in [0.5, 0.6) is 0 Å². The maximum atomic E-state index is 13.3. The molecule has 9 heteroatoms. The number of nitrogens with zero attached hydrogens (tertiary/aromatic N) is 3. The fraction of sp³-hybridized carbons (Fsp3) is 0.176. The van der Waals surface area contributed by atoms with Gasteiger partial charge in [0.1, 0.15) is 5.82 Å². The van der Waals surface area contributed by atoms with E-state index in [4.69, 9.17) is 4.74 Å². The van der Waals surface area contributed by atoms with Crippen molar-refractivity contribution in [3.8, 4) is 0 Å². The number of pyridine rings is 2. The van der Waals surface area contributed by atoms with Crippen LogP contribution in [0.1, 0.15) is 21.9 Å². The number of amides is 1. The van der Waals surface area contributed by atoms with Crippen LogP contribution in [0, 0.1) is 12.7 Å². The van der Waals surface area contributed by atoms with Gasteiger partial charge in [-0.05, 0) is 19.1 Å². The van der Waals surface area contributed by atoms with Crippen molar-refractivity contribution in [2.45, 2.75) is 13.5 Å². The van der Waals surface area contributed by atoms with Crippen LogP contribution in [0.4, 0.5) is 20.9 Å². The van der Waals surface area contributed by atoms with E-state index < -0.39 is 11.7 Å². The number of carbonyl (C=O) groups is 1. The normalized spacial score (nSPS) is 10.6. The van der Waals surface area contributed by atoms with Gasteiger partial charge in [-0.1, -0.05) is 0 Å². The molecule has 0 aliphatic carbocycles. The summed E-state index contributed by atoms with van der Waals surface area (Å²) < 4.78 is 18.3. The number of ether oxygens (including phenoxy) is 1. The van der Waals surface area contributed by atoms with Gasteiger partial charge in [0.2, 0.25) is 0 Å². The first-order valence-corrected chi connectivity index (χ1v) is 8.53. The second-order valence-corrected chi connectivity index (χ2v) is 6.25. The van der Waals surface area contributed by atoms with Gasteiger partial charge in [-0.2, -0.15) is 0 Å². The number of thiazole rings is 1. The molecule has 3 heterocycles. The highest BCUT2D eigenvalue weighted by molar-refractivity contribution is 7.13. The third-order valence-corrected chi connectivity index (χ3v) is 4.10. The van der Waals surface area contributed by atoms with Crippen molar-refractivity contribution in [2.24, 2.45) is 0 Å². The Morgan fingerprint density at radius 2 is 2.15 bits per heavy atom. The van der Waals surface area contributed by atoms with E-state index in [2.05, 4.69) is 25.6 Å². The quantitative estimate of drug-likeness (QED) is 0.687. The molecule has 7 nitrogen and oxygen atoms in total. The monoisotopic (exact) mass is 373 g/mol. The number of halogens is 1. The van der Waals surface area contributed by atoms with Gasteiger partial charge >= 0.3 is 0 Å². The zero-order valence-corrected chi connectivity index (χ0v) is 14.9. The fourth-order valence-electron chi connectivity index (χ4n) is 2.20. The molecule has 3 aromatic heterocycles. The summed E-state index contributed by atoms with van der Waals surface area (Å²) in [5, 5.41) is 7.95. The Morgan fingerprint density at radius 1 is 1.31 bits per heavy atom. The number of nitrogens with one attached hydrogen (secondary N) is 2. The summed E-state index contributed by atoms with van der Waals surface area (Å²) in [6.45, 7) is 2.15. The number of hydrogen-bond acceptors (Lipinski definition) is 7. The molecule has 0 radical (unpaired) electrons. The van der Waals surface area contributed by atoms with E-state index in [1.165, 1.54) is 23.6 Å². The number of aryl methyl sites for hydroxylation is 1. The first-order chi connectivity index (χ1) is 12.5. The molecule has 0 unspecified atom stereocenters. The van der Waals surface area contributed by atoms with E-state index >= 15 is 0 Å². The van der Waals surface area contributed by atoms with Gasteiger partial charge in [-0.25, -0.2) is 14.4 Å². The van der Waals surface area contributed by atoms with Crippen LogP contribution in [0.3, 0.4) is 0 Å². The summed E-state index contributed by atoms with van der Waals surface area (Å²) in [4.78, 5) is 25.0. The molecule has 3 rings (SSSR count). The lowest BCUT2D eigenvalue weighted by molar-refractivity contribution is 0.102. The predicted octanol–water partition coefficient (Wildman–Crippen LogP) is 3.52. The third-order valence-electron chi connectivity index (χ3n) is 3.30. The number of methoxy groups -OCH3 is 1. The molecule has 0 aromatic carbocycles. The lowest BCUT2D eigenvalue weighted by Gasteiger charge is -2.11. The summed E-state index contributed by atoms with van der Waals surface area (Å²) >= 11 is 1.30. The van der Waals surface area contributed by atoms with Crippen LogP contribution in [0.15, 0.2) is 36.0 Å². The molecule has 26 heavy (non-hydrogen) atoms. The van der Waals surface area contributed by atoms with Crippen molar-refractivity contribution < 1.29 is 13.9 Å². The molecule has 0 atom stereocenters. The fourth-order valence-corrected chi connectivity index (χ4v) is 2.89. The minimum Gasteiger partial charge on any atom is -0.378 e. The second-order valence-electron chi connectivity index (χ2n) is 5.40. The Morgan fingerprint density at radius 3 is 2.92 bits per heavy atom. The van der Waals surface area contributed by atoms with Crippen LogP contribution in [-0.2, 0) is 11.3 Å². The van der Waals surface area contributed by atoms with Gasteiger partial charge in [0.05, 0.1) is 36.1 Å². The molecule has 0 saturated heterocycles. The highest BCUT2D eigenvalue weighted by Crippen LogP contribution is 2.22. The van der Waals surface area contributed by atoms with Gasteiger partial charge in [-0.15, -0.1) is 11.3 Å². The summed E-state index contributed by atoms with van der Waals surface area (Å²) in [5.74, 6) is -0.895. The Labute approximate surface area is 153 Å². The van der Waals surface area contributed by atoms with E-state index in [1.807, 2.05) is 0 Å². The molecule has 2 N–H and O–H groups in total. The van der Waals surface area contributed by atoms with Crippen LogP contribution in [0.2, 0.25) is 0 Å². The van der Waals surface area contributed by atoms with E-state index in [-0.39, 0.29) is 5.69 Å². The van der Waals surface area contributed by atoms with Gasteiger partial charge in [-0.3, -0.25) is 15.1 Å². The smallest absolute Gasteiger partial charge is 0.278 e. The second kappa shape index (κ2) is 7.98. The summed E-state index contributed by atoms with van der Waals surface area (Å²) in [7, 11) is 1.58. The molecular weight excluding hydrogens is 357 g/mol. The van der Waals surface area contributed by atoms with E-state index in [9.17, 15) is 9.18 Å². The van der Waals surface area contributed by atoms with Crippen LogP contribution >= 0.6 is 11.3 Å². The third kappa shape index (κ3) is 4.38. The van der Waals surface area contributed by atoms with Crippen LogP contribution in [0.25, 0.3) is 0 Å². The lowest BCUT2D eigenvalue weighted by atomic mass is 10.2. The molecule has 1 amide bonds. The van der Waals surface area contributed by atoms with Gasteiger partial charge in [0.25, 0.3) is 5.91 Å². The van der Waals surface area contributed by atoms with Crippen LogP contribution in [-0.4, -0.2) is 28.0 Å². The molecule has 0 spiro atoms. The summed E-state index contributed by atoms with van der Waals surface area (Å²) in [6, 6.07) is 4.75. The number of rotatable bonds is 6. The van der Waals surface area contributed by atoms with E-state index in [0.29, 0.717) is 28.8 Å². The predicted molar refractivity (Wildman–Crippen MR) is 97.2 cm³/mol. The zero-order valence-electron chi connectivity index (χ0n) is 14.1. The first-order valence-electron chi connectivity index (χ1n) is 7.65. The van der Waals surface area contributed by atoms with Crippen molar-refractivity contribution in [2.75, 3.05) is 17.7 Å². The van der Waals surface area contributed by atoms with Crippen LogP contribution < -0.4 is 10.6 Å². The number of anilines is 3. The Bertz CT molecular complexity index is 931. The SMILES string of the molecule is COCc1csc(NC(=O)c2nc(C)ccc2Nc2cncc(F)c2)n1. The van der Waals surface area contributed by atoms with E-state index in [1.54, 1.807) is 31.5 Å². The number of carbonyl (C=O) groups excluding carboxylic acids is 1. The minimum atomic E-state index is -0.477. The van der Waals surface area contributed by atoms with Gasteiger partial charge in [0, 0.05) is 24.3 Å². The topological polar surface area (TPSA) is 89.0 Å². The maximum absolute atomic E-state index is 13.3. The average molecular weight is 373 g/mol. The largest absolute Gasteiger partial charge is 0.378 e. The zero-order chi connectivity index (χ0) is 18.5. The molecule has 134 valence electrons. The molecule has 0 saturated carbocycles. The molecule has 0 fully saturated rings. The Balaban J connectivity index is 1.83. The van der Waals surface area contributed by atoms with Crippen molar-refractivity contribution in [1.82, 2.24) is 15.0 Å². The average Bonchev–Trinajstić information content (AvgIpc) is 3.04. The Kier molecular flexibility index (Phi) is 5.49. The molecular formula is C17H16FN5O2S. The van der Waals surface area contributed by atoms with Crippen molar-refractivity contribution in [3.05, 3.63) is 58.9 Å². The first kappa shape index (κ1) is 17.9. The Hall–Kier alpha value is -2.91. The van der Waals surface area contributed by atoms with Crippen molar-refractivity contribution in [1.29, 1.82) is 0 Å². The highest BCUT2D eigenvalue weighted by Gasteiger charge is 2.16. The summed E-state index contributed by atoms with van der Waals surface area (Å²) in [5.41, 5.74) is 2.44. The van der Waals surface area contributed by atoms with Crippen molar-refractivity contribution >= 4 is 33.8 Å². The van der Waals surface area contributed by atoms with Gasteiger partial charge < -0.3 is 10.1 Å². The molecule has 3 aromatic rings. The van der Waals surface area contributed by atoms with Crippen molar-refractivity contribution in [3.63, 3.8) is 0 Å². The maximum Gasteiger partial charge on any atom is 0.278 e. The lowest BCUT2D eigenvalue weighted by Crippen LogP contribution is -2.16. The van der Waals surface area contributed by atoms with Gasteiger partial charge in [0.15, 0.2) is 10.8 Å². The standard InChI is InChI=1S/C17H16FN5O2S/c1-10-3-4-14(21-12-5-11(18)6-19-7-12)15(20-10)16(24)23-17-22-13(8-25-2)9-26-17/h3-7,9,21H,8H2,1-2H3,(H,22,23,24). The van der Waals surface area contributed by atoms with E-state index in [0.717, 1.165) is 11.9 Å². The number of hydrogen-bond donors (Lipinski definition) is 2.